The molecule has 0 bridgehead atoms. The van der Waals surface area contributed by atoms with Gasteiger partial charge in [-0.15, -0.1) is 0 Å². The van der Waals surface area contributed by atoms with Crippen LogP contribution in [0.1, 0.15) is 44.9 Å². The Bertz CT molecular complexity index is 204. The minimum Gasteiger partial charge on any atom is -0.383 e. The summed E-state index contributed by atoms with van der Waals surface area (Å²) in [6.45, 7) is 4.31. The van der Waals surface area contributed by atoms with Crippen molar-refractivity contribution in [2.45, 2.75) is 57.0 Å². The van der Waals surface area contributed by atoms with Gasteiger partial charge in [-0.25, -0.2) is 0 Å². The number of piperidine rings is 1. The molecule has 1 saturated heterocycles. The summed E-state index contributed by atoms with van der Waals surface area (Å²) in [7, 11) is 1.77. The Hall–Kier alpha value is -0.120. The van der Waals surface area contributed by atoms with Crippen LogP contribution in [0.25, 0.3) is 0 Å². The highest BCUT2D eigenvalue weighted by Gasteiger charge is 2.30. The summed E-state index contributed by atoms with van der Waals surface area (Å²) in [6.07, 6.45) is 9.99. The molecule has 0 radical (unpaired) electrons. The van der Waals surface area contributed by atoms with Crippen LogP contribution in [0.3, 0.4) is 0 Å². The number of ether oxygens (including phenoxy) is 1. The van der Waals surface area contributed by atoms with Gasteiger partial charge in [-0.05, 0) is 32.2 Å². The first kappa shape index (κ1) is 13.3. The molecule has 1 atom stereocenters. The number of rotatable bonds is 6. The standard InChI is InChI=1S/C14H28N2O/c1-17-11-9-15-12-14-8-4-5-10-16(14)13-6-2-3-7-13/h13-15H,2-12H2,1H3. The third-order valence-electron chi connectivity index (χ3n) is 4.33. The lowest BCUT2D eigenvalue weighted by molar-refractivity contribution is 0.0940. The summed E-state index contributed by atoms with van der Waals surface area (Å²) in [6, 6.07) is 1.67. The van der Waals surface area contributed by atoms with Crippen LogP contribution < -0.4 is 5.32 Å². The zero-order chi connectivity index (χ0) is 11.9. The van der Waals surface area contributed by atoms with Crippen LogP contribution in [0, 0.1) is 0 Å². The minimum absolute atomic E-state index is 0.781. The zero-order valence-electron chi connectivity index (χ0n) is 11.3. The molecule has 1 N–H and O–H groups in total. The molecule has 1 heterocycles. The van der Waals surface area contributed by atoms with Crippen molar-refractivity contribution >= 4 is 0 Å². The monoisotopic (exact) mass is 240 g/mol. The fourth-order valence-electron chi connectivity index (χ4n) is 3.40. The molecular weight excluding hydrogens is 212 g/mol. The maximum absolute atomic E-state index is 5.08. The number of methoxy groups -OCH3 is 1. The fourth-order valence-corrected chi connectivity index (χ4v) is 3.40. The van der Waals surface area contributed by atoms with E-state index in [0.717, 1.165) is 31.8 Å². The highest BCUT2D eigenvalue weighted by atomic mass is 16.5. The second-order valence-electron chi connectivity index (χ2n) is 5.52. The van der Waals surface area contributed by atoms with Crippen molar-refractivity contribution in [3.8, 4) is 0 Å². The molecule has 3 nitrogen and oxygen atoms in total. The molecule has 2 rings (SSSR count). The zero-order valence-corrected chi connectivity index (χ0v) is 11.3. The quantitative estimate of drug-likeness (QED) is 0.719. The highest BCUT2D eigenvalue weighted by molar-refractivity contribution is 4.86. The van der Waals surface area contributed by atoms with Gasteiger partial charge in [-0.2, -0.15) is 0 Å². The first-order chi connectivity index (χ1) is 8.42. The predicted molar refractivity (Wildman–Crippen MR) is 71.3 cm³/mol. The lowest BCUT2D eigenvalue weighted by Crippen LogP contribution is -2.50. The van der Waals surface area contributed by atoms with E-state index in [1.165, 1.54) is 51.5 Å². The molecule has 2 aliphatic rings. The van der Waals surface area contributed by atoms with Crippen LogP contribution in [0.15, 0.2) is 0 Å². The number of nitrogens with zero attached hydrogens (tertiary/aromatic N) is 1. The molecule has 1 aliphatic heterocycles. The Morgan fingerprint density at radius 1 is 1.12 bits per heavy atom. The molecule has 0 spiro atoms. The average molecular weight is 240 g/mol. The highest BCUT2D eigenvalue weighted by Crippen LogP contribution is 2.29. The fraction of sp³-hybridized carbons (Fsp3) is 1.00. The second-order valence-corrected chi connectivity index (χ2v) is 5.52. The van der Waals surface area contributed by atoms with Crippen molar-refractivity contribution in [3.05, 3.63) is 0 Å². The van der Waals surface area contributed by atoms with Gasteiger partial charge in [-0.1, -0.05) is 19.3 Å². The van der Waals surface area contributed by atoms with E-state index < -0.39 is 0 Å². The van der Waals surface area contributed by atoms with E-state index in [0.29, 0.717) is 0 Å². The van der Waals surface area contributed by atoms with Crippen molar-refractivity contribution in [1.82, 2.24) is 10.2 Å². The molecule has 2 fully saturated rings. The van der Waals surface area contributed by atoms with Crippen LogP contribution in [-0.4, -0.2) is 50.3 Å². The van der Waals surface area contributed by atoms with Crippen molar-refractivity contribution in [1.29, 1.82) is 0 Å². The first-order valence-electron chi connectivity index (χ1n) is 7.37. The molecule has 1 saturated carbocycles. The lowest BCUT2D eigenvalue weighted by atomic mass is 9.99. The topological polar surface area (TPSA) is 24.5 Å². The molecule has 0 aromatic rings. The number of hydrogen-bond acceptors (Lipinski definition) is 3. The Kier molecular flexibility index (Phi) is 5.75. The third-order valence-corrected chi connectivity index (χ3v) is 4.33. The SMILES string of the molecule is COCCNCC1CCCCN1C1CCCC1. The Labute approximate surface area is 106 Å². The van der Waals surface area contributed by atoms with E-state index >= 15 is 0 Å². The molecular formula is C14H28N2O. The summed E-state index contributed by atoms with van der Waals surface area (Å²) in [5.41, 5.74) is 0. The van der Waals surface area contributed by atoms with Crippen LogP contribution >= 0.6 is 0 Å². The summed E-state index contributed by atoms with van der Waals surface area (Å²) in [5, 5.41) is 3.54. The predicted octanol–water partition coefficient (Wildman–Crippen LogP) is 2.02. The minimum atomic E-state index is 0.781. The smallest absolute Gasteiger partial charge is 0.0587 e. The van der Waals surface area contributed by atoms with Crippen LogP contribution in [-0.2, 0) is 4.74 Å². The number of nitrogens with one attached hydrogen (secondary N) is 1. The van der Waals surface area contributed by atoms with E-state index in [9.17, 15) is 0 Å². The van der Waals surface area contributed by atoms with Gasteiger partial charge in [0.1, 0.15) is 0 Å². The molecule has 0 aromatic heterocycles. The van der Waals surface area contributed by atoms with E-state index in [2.05, 4.69) is 10.2 Å². The summed E-state index contributed by atoms with van der Waals surface area (Å²) in [4.78, 5) is 2.80. The average Bonchev–Trinajstić information content (AvgIpc) is 2.89. The Morgan fingerprint density at radius 2 is 1.88 bits per heavy atom. The summed E-state index contributed by atoms with van der Waals surface area (Å²) >= 11 is 0. The van der Waals surface area contributed by atoms with Gasteiger partial charge >= 0.3 is 0 Å². The molecule has 3 heteroatoms. The van der Waals surface area contributed by atoms with Crippen LogP contribution in [0.2, 0.25) is 0 Å². The van der Waals surface area contributed by atoms with Crippen molar-refractivity contribution in [2.75, 3.05) is 33.4 Å². The molecule has 100 valence electrons. The Balaban J connectivity index is 1.75. The second kappa shape index (κ2) is 7.34. The van der Waals surface area contributed by atoms with Gasteiger partial charge < -0.3 is 10.1 Å². The van der Waals surface area contributed by atoms with E-state index in [1.54, 1.807) is 7.11 Å². The molecule has 0 amide bonds. The summed E-state index contributed by atoms with van der Waals surface area (Å²) < 4.78 is 5.08. The first-order valence-corrected chi connectivity index (χ1v) is 7.37. The van der Waals surface area contributed by atoms with Gasteiger partial charge in [0.25, 0.3) is 0 Å². The maximum Gasteiger partial charge on any atom is 0.0587 e. The van der Waals surface area contributed by atoms with Gasteiger partial charge in [0.2, 0.25) is 0 Å². The lowest BCUT2D eigenvalue weighted by Gasteiger charge is -2.40. The van der Waals surface area contributed by atoms with Crippen LogP contribution in [0.5, 0.6) is 0 Å². The van der Waals surface area contributed by atoms with E-state index in [4.69, 9.17) is 4.74 Å². The van der Waals surface area contributed by atoms with Gasteiger partial charge in [0.15, 0.2) is 0 Å². The number of likely N-dealkylation sites (tertiary alicyclic amines) is 1. The van der Waals surface area contributed by atoms with Crippen molar-refractivity contribution < 1.29 is 4.74 Å². The normalized spacial score (nSPS) is 27.7. The van der Waals surface area contributed by atoms with E-state index in [-0.39, 0.29) is 0 Å². The van der Waals surface area contributed by atoms with Crippen LogP contribution in [0.4, 0.5) is 0 Å². The molecule has 17 heavy (non-hydrogen) atoms. The van der Waals surface area contributed by atoms with Gasteiger partial charge in [-0.3, -0.25) is 4.90 Å². The molecule has 1 unspecified atom stereocenters. The summed E-state index contributed by atoms with van der Waals surface area (Å²) in [5.74, 6) is 0. The third kappa shape index (κ3) is 3.94. The Morgan fingerprint density at radius 3 is 2.65 bits per heavy atom. The largest absolute Gasteiger partial charge is 0.383 e. The number of hydrogen-bond donors (Lipinski definition) is 1. The molecule has 1 aliphatic carbocycles. The van der Waals surface area contributed by atoms with Crippen molar-refractivity contribution in [3.63, 3.8) is 0 Å². The van der Waals surface area contributed by atoms with E-state index in [1.807, 2.05) is 0 Å². The van der Waals surface area contributed by atoms with Gasteiger partial charge in [0, 0.05) is 32.3 Å². The van der Waals surface area contributed by atoms with Crippen molar-refractivity contribution in [2.24, 2.45) is 0 Å². The van der Waals surface area contributed by atoms with Gasteiger partial charge in [0.05, 0.1) is 6.61 Å². The maximum atomic E-state index is 5.08. The molecule has 0 aromatic carbocycles.